The number of halogens is 1. The molecule has 0 unspecified atom stereocenters. The Morgan fingerprint density at radius 2 is 2.21 bits per heavy atom. The fraction of sp³-hybridized carbons (Fsp3) is 0.500. The second kappa shape index (κ2) is 6.02. The summed E-state index contributed by atoms with van der Waals surface area (Å²) in [6, 6.07) is 4.85. The molecule has 1 N–H and O–H groups in total. The summed E-state index contributed by atoms with van der Waals surface area (Å²) in [6.45, 7) is 0.513. The molecule has 1 aromatic rings. The van der Waals surface area contributed by atoms with Crippen molar-refractivity contribution in [3.8, 4) is 5.75 Å². The molecule has 1 fully saturated rings. The van der Waals surface area contributed by atoms with E-state index in [1.807, 2.05) is 0 Å². The van der Waals surface area contributed by atoms with Gasteiger partial charge in [0.1, 0.15) is 11.6 Å². The van der Waals surface area contributed by atoms with Gasteiger partial charge >= 0.3 is 0 Å². The Balaban J connectivity index is 1.92. The number of carbonyl (C=O) groups excluding carboxylic acids is 1. The second-order valence-corrected chi connectivity index (χ2v) is 4.85. The van der Waals surface area contributed by atoms with E-state index in [9.17, 15) is 9.18 Å². The van der Waals surface area contributed by atoms with Crippen molar-refractivity contribution in [1.29, 1.82) is 0 Å². The molecule has 0 saturated heterocycles. The normalized spacial score (nSPS) is 14.3. The van der Waals surface area contributed by atoms with Gasteiger partial charge in [0.2, 0.25) is 0 Å². The number of benzene rings is 1. The molecule has 2 rings (SSSR count). The predicted molar refractivity (Wildman–Crippen MR) is 70.5 cm³/mol. The Hall–Kier alpha value is -1.62. The molecule has 0 atom stereocenters. The number of amides is 1. The Kier molecular flexibility index (Phi) is 4.37. The molecule has 4 nitrogen and oxygen atoms in total. The van der Waals surface area contributed by atoms with Crippen LogP contribution in [0.4, 0.5) is 4.39 Å². The lowest BCUT2D eigenvalue weighted by atomic mass is 10.2. The third-order valence-electron chi connectivity index (χ3n) is 3.16. The first-order chi connectivity index (χ1) is 9.10. The lowest BCUT2D eigenvalue weighted by Gasteiger charge is -2.16. The van der Waals surface area contributed by atoms with E-state index in [1.165, 1.54) is 12.1 Å². The van der Waals surface area contributed by atoms with Gasteiger partial charge in [-0.2, -0.15) is 0 Å². The highest BCUT2D eigenvalue weighted by atomic mass is 19.1. The van der Waals surface area contributed by atoms with Crippen molar-refractivity contribution in [2.45, 2.75) is 25.4 Å². The molecular formula is C14H19FN2O2. The number of hydrogen-bond donors (Lipinski definition) is 1. The van der Waals surface area contributed by atoms with Gasteiger partial charge in [-0.25, -0.2) is 4.39 Å². The Labute approximate surface area is 112 Å². The van der Waals surface area contributed by atoms with Crippen molar-refractivity contribution in [3.05, 3.63) is 29.6 Å². The van der Waals surface area contributed by atoms with E-state index in [-0.39, 0.29) is 18.3 Å². The molecular weight excluding hydrogens is 247 g/mol. The highest BCUT2D eigenvalue weighted by Crippen LogP contribution is 2.25. The summed E-state index contributed by atoms with van der Waals surface area (Å²) in [4.78, 5) is 13.5. The van der Waals surface area contributed by atoms with Crippen LogP contribution in [0.5, 0.6) is 5.75 Å². The van der Waals surface area contributed by atoms with Crippen molar-refractivity contribution in [2.24, 2.45) is 0 Å². The highest BCUT2D eigenvalue weighted by molar-refractivity contribution is 5.78. The van der Waals surface area contributed by atoms with Crippen molar-refractivity contribution in [2.75, 3.05) is 20.7 Å². The smallest absolute Gasteiger partial charge is 0.260 e. The van der Waals surface area contributed by atoms with E-state index in [1.54, 1.807) is 25.1 Å². The minimum absolute atomic E-state index is 0.0462. The molecule has 1 aliphatic carbocycles. The number of hydrogen-bond acceptors (Lipinski definition) is 3. The first-order valence-corrected chi connectivity index (χ1v) is 6.42. The van der Waals surface area contributed by atoms with E-state index < -0.39 is 0 Å². The second-order valence-electron chi connectivity index (χ2n) is 4.85. The average Bonchev–Trinajstić information content (AvgIpc) is 3.19. The quantitative estimate of drug-likeness (QED) is 0.849. The molecule has 5 heteroatoms. The number of nitrogens with one attached hydrogen (secondary N) is 1. The summed E-state index contributed by atoms with van der Waals surface area (Å²) in [5, 5.41) is 2.95. The summed E-state index contributed by atoms with van der Waals surface area (Å²) in [6.07, 6.45) is 2.13. The zero-order valence-corrected chi connectivity index (χ0v) is 11.3. The summed E-state index contributed by atoms with van der Waals surface area (Å²) in [5.74, 6) is -0.0320. The first kappa shape index (κ1) is 13.8. The molecule has 1 aromatic carbocycles. The van der Waals surface area contributed by atoms with Crippen LogP contribution in [-0.4, -0.2) is 37.6 Å². The lowest BCUT2D eigenvalue weighted by molar-refractivity contribution is -0.132. The molecule has 1 aliphatic rings. The zero-order chi connectivity index (χ0) is 13.8. The van der Waals surface area contributed by atoms with Crippen LogP contribution in [0.15, 0.2) is 18.2 Å². The molecule has 0 spiro atoms. The van der Waals surface area contributed by atoms with Crippen LogP contribution in [0.2, 0.25) is 0 Å². The minimum atomic E-state index is -0.356. The third-order valence-corrected chi connectivity index (χ3v) is 3.16. The van der Waals surface area contributed by atoms with Crippen LogP contribution in [0.1, 0.15) is 18.4 Å². The zero-order valence-electron chi connectivity index (χ0n) is 11.3. The molecule has 0 aliphatic heterocycles. The predicted octanol–water partition coefficient (Wildman–Crippen LogP) is 1.54. The molecule has 0 bridgehead atoms. The molecule has 19 heavy (non-hydrogen) atoms. The van der Waals surface area contributed by atoms with Crippen LogP contribution in [-0.2, 0) is 11.3 Å². The van der Waals surface area contributed by atoms with E-state index in [2.05, 4.69) is 5.32 Å². The fourth-order valence-electron chi connectivity index (χ4n) is 1.92. The molecule has 0 heterocycles. The first-order valence-electron chi connectivity index (χ1n) is 6.42. The number of rotatable bonds is 6. The van der Waals surface area contributed by atoms with Crippen LogP contribution < -0.4 is 10.1 Å². The van der Waals surface area contributed by atoms with Crippen LogP contribution >= 0.6 is 0 Å². The molecule has 1 saturated carbocycles. The summed E-state index contributed by atoms with van der Waals surface area (Å²) in [5.41, 5.74) is 0.792. The Morgan fingerprint density at radius 3 is 2.84 bits per heavy atom. The number of ether oxygens (including phenoxy) is 1. The van der Waals surface area contributed by atoms with Gasteiger partial charge in [-0.15, -0.1) is 0 Å². The molecule has 1 amide bonds. The third kappa shape index (κ3) is 3.92. The van der Waals surface area contributed by atoms with Crippen molar-refractivity contribution in [3.63, 3.8) is 0 Å². The molecule has 104 valence electrons. The van der Waals surface area contributed by atoms with Gasteiger partial charge in [0.05, 0.1) is 0 Å². The summed E-state index contributed by atoms with van der Waals surface area (Å²) < 4.78 is 18.7. The van der Waals surface area contributed by atoms with Crippen LogP contribution in [0.3, 0.4) is 0 Å². The van der Waals surface area contributed by atoms with E-state index in [4.69, 9.17) is 4.74 Å². The average molecular weight is 266 g/mol. The van der Waals surface area contributed by atoms with E-state index in [0.29, 0.717) is 18.3 Å². The van der Waals surface area contributed by atoms with Gasteiger partial charge in [-0.05, 0) is 37.6 Å². The topological polar surface area (TPSA) is 41.6 Å². The molecule has 0 radical (unpaired) electrons. The number of nitrogens with zero attached hydrogens (tertiary/aromatic N) is 1. The van der Waals surface area contributed by atoms with Gasteiger partial charge in [-0.3, -0.25) is 4.79 Å². The molecule has 0 aromatic heterocycles. The van der Waals surface area contributed by atoms with Gasteiger partial charge in [0, 0.05) is 25.7 Å². The van der Waals surface area contributed by atoms with Gasteiger partial charge in [0.15, 0.2) is 6.61 Å². The van der Waals surface area contributed by atoms with Crippen molar-refractivity contribution >= 4 is 5.91 Å². The maximum absolute atomic E-state index is 13.4. The summed E-state index contributed by atoms with van der Waals surface area (Å²) >= 11 is 0. The number of likely N-dealkylation sites (N-methyl/N-ethyl adjacent to an activating group) is 1. The lowest BCUT2D eigenvalue weighted by Crippen LogP contribution is -2.33. The maximum Gasteiger partial charge on any atom is 0.260 e. The van der Waals surface area contributed by atoms with Gasteiger partial charge < -0.3 is 15.0 Å². The van der Waals surface area contributed by atoms with Crippen molar-refractivity contribution in [1.82, 2.24) is 10.2 Å². The highest BCUT2D eigenvalue weighted by Gasteiger charge is 2.29. The Bertz CT molecular complexity index is 461. The summed E-state index contributed by atoms with van der Waals surface area (Å²) in [7, 11) is 3.57. The largest absolute Gasteiger partial charge is 0.484 e. The monoisotopic (exact) mass is 266 g/mol. The van der Waals surface area contributed by atoms with Crippen molar-refractivity contribution < 1.29 is 13.9 Å². The standard InChI is InChI=1S/C14H19FN2O2/c1-16-8-10-5-11(15)7-13(6-10)19-9-14(18)17(2)12-3-4-12/h5-7,12,16H,3-4,8-9H2,1-2H3. The van der Waals surface area contributed by atoms with Crippen LogP contribution in [0.25, 0.3) is 0 Å². The van der Waals surface area contributed by atoms with Gasteiger partial charge in [-0.1, -0.05) is 0 Å². The van der Waals surface area contributed by atoms with E-state index in [0.717, 1.165) is 18.4 Å². The minimum Gasteiger partial charge on any atom is -0.484 e. The Morgan fingerprint density at radius 1 is 1.47 bits per heavy atom. The maximum atomic E-state index is 13.4. The van der Waals surface area contributed by atoms with Crippen LogP contribution in [0, 0.1) is 5.82 Å². The number of carbonyl (C=O) groups is 1. The SMILES string of the molecule is CNCc1cc(F)cc(OCC(=O)N(C)C2CC2)c1. The van der Waals surface area contributed by atoms with Gasteiger partial charge in [0.25, 0.3) is 5.91 Å². The van der Waals surface area contributed by atoms with E-state index >= 15 is 0 Å². The fourth-order valence-corrected chi connectivity index (χ4v) is 1.92.